The average molecular weight is 651 g/mol. The number of hydrogen-bond acceptors (Lipinski definition) is 9. The number of aryl methyl sites for hydroxylation is 1. The van der Waals surface area contributed by atoms with Gasteiger partial charge < -0.3 is 34.0 Å². The minimum atomic E-state index is -0.886. The second-order valence-electron chi connectivity index (χ2n) is 14.4. The summed E-state index contributed by atoms with van der Waals surface area (Å²) in [5.74, 6) is 0.805. The van der Waals surface area contributed by atoms with Gasteiger partial charge in [0.15, 0.2) is 0 Å². The van der Waals surface area contributed by atoms with Crippen LogP contribution in [0.4, 0.5) is 4.79 Å². The Kier molecular flexibility index (Phi) is 9.92. The molecule has 4 aliphatic rings. The van der Waals surface area contributed by atoms with Crippen LogP contribution in [0.1, 0.15) is 90.7 Å². The van der Waals surface area contributed by atoms with Crippen LogP contribution in [0, 0.1) is 17.3 Å². The Morgan fingerprint density at radius 2 is 1.83 bits per heavy atom. The number of methoxy groups -OCH3 is 1. The number of aromatic nitrogens is 2. The highest BCUT2D eigenvalue weighted by Gasteiger charge is 2.51. The maximum atomic E-state index is 14.6. The van der Waals surface area contributed by atoms with Crippen LogP contribution in [0.25, 0.3) is 11.0 Å². The van der Waals surface area contributed by atoms with Gasteiger partial charge in [-0.2, -0.15) is 0 Å². The van der Waals surface area contributed by atoms with E-state index in [-0.39, 0.29) is 24.3 Å². The van der Waals surface area contributed by atoms with E-state index in [0.29, 0.717) is 56.0 Å². The lowest BCUT2D eigenvalue weighted by Crippen LogP contribution is -2.59. The summed E-state index contributed by atoms with van der Waals surface area (Å²) in [6.45, 7) is 7.24. The first-order valence-electron chi connectivity index (χ1n) is 17.5. The van der Waals surface area contributed by atoms with Gasteiger partial charge in [0.25, 0.3) is 0 Å². The first kappa shape index (κ1) is 33.4. The SMILES string of the molecule is CC[C@@H]1[C@@H]2CN(C(=O)[C@H](C3(C)CCOCC3)NC(=O)O[C@]3(C)CCC[C@H]3CCCCCc3nc4ccc(OC)cc4nc3O2)[C@@H]1C=O. The molecular formula is C36H50N4O7. The van der Waals surface area contributed by atoms with Crippen LogP contribution in [0.2, 0.25) is 0 Å². The Morgan fingerprint density at radius 1 is 1.04 bits per heavy atom. The molecule has 1 aliphatic carbocycles. The quantitative estimate of drug-likeness (QED) is 0.432. The predicted octanol–water partition coefficient (Wildman–Crippen LogP) is 5.41. The Labute approximate surface area is 277 Å². The fraction of sp³-hybridized carbons (Fsp3) is 0.694. The number of rotatable bonds is 4. The predicted molar refractivity (Wildman–Crippen MR) is 175 cm³/mol. The van der Waals surface area contributed by atoms with Crippen molar-refractivity contribution in [2.45, 2.75) is 115 Å². The summed E-state index contributed by atoms with van der Waals surface area (Å²) in [4.78, 5) is 52.6. The molecule has 4 heterocycles. The third kappa shape index (κ3) is 6.78. The lowest BCUT2D eigenvalue weighted by Gasteiger charge is -2.42. The molecule has 1 aromatic carbocycles. The van der Waals surface area contributed by atoms with E-state index in [2.05, 4.69) is 5.32 Å². The van der Waals surface area contributed by atoms with Crippen molar-refractivity contribution in [1.82, 2.24) is 20.2 Å². The first-order chi connectivity index (χ1) is 22.7. The molecule has 11 heteroatoms. The van der Waals surface area contributed by atoms with E-state index in [1.165, 1.54) is 0 Å². The Bertz CT molecular complexity index is 1460. The summed E-state index contributed by atoms with van der Waals surface area (Å²) in [6.07, 6.45) is 8.98. The van der Waals surface area contributed by atoms with E-state index >= 15 is 0 Å². The summed E-state index contributed by atoms with van der Waals surface area (Å²) in [5, 5.41) is 3.03. The van der Waals surface area contributed by atoms with E-state index in [0.717, 1.165) is 62.4 Å². The van der Waals surface area contributed by atoms with E-state index in [1.807, 2.05) is 39.0 Å². The molecule has 1 saturated carbocycles. The molecule has 6 atom stereocenters. The largest absolute Gasteiger partial charge is 0.497 e. The maximum Gasteiger partial charge on any atom is 0.408 e. The standard InChI is InChI=1S/C36H50N4O7/c1-5-25-29(22-41)40-21-30(25)46-32-27(37-26-14-13-24(44-4)20-28(26)38-32)12-8-6-7-10-23-11-9-15-36(23,3)47-34(43)39-31(33(40)42)35(2)16-18-45-19-17-35/h13-14,20,22-23,25,29-31H,5-12,15-19,21H2,1-4H3,(H,39,43)/t23-,25+,29-,30+,31-,36-/m1/s1. The van der Waals surface area contributed by atoms with Crippen LogP contribution < -0.4 is 14.8 Å². The van der Waals surface area contributed by atoms with Gasteiger partial charge in [-0.05, 0) is 82.8 Å². The van der Waals surface area contributed by atoms with Gasteiger partial charge >= 0.3 is 6.09 Å². The van der Waals surface area contributed by atoms with Crippen molar-refractivity contribution >= 4 is 29.3 Å². The molecule has 6 rings (SSSR count). The summed E-state index contributed by atoms with van der Waals surface area (Å²) in [5.41, 5.74) is 1.03. The second kappa shape index (κ2) is 13.9. The van der Waals surface area contributed by atoms with Crippen molar-refractivity contribution in [3.63, 3.8) is 0 Å². The normalized spacial score (nSPS) is 31.8. The third-order valence-electron chi connectivity index (χ3n) is 11.4. The van der Waals surface area contributed by atoms with Crippen molar-refractivity contribution in [2.75, 3.05) is 26.9 Å². The first-order valence-corrected chi connectivity index (χ1v) is 17.5. The number of ether oxygens (including phenoxy) is 4. The molecule has 47 heavy (non-hydrogen) atoms. The lowest BCUT2D eigenvalue weighted by atomic mass is 9.75. The van der Waals surface area contributed by atoms with E-state index in [1.54, 1.807) is 12.0 Å². The zero-order chi connectivity index (χ0) is 33.2. The van der Waals surface area contributed by atoms with Gasteiger partial charge in [0, 0.05) is 30.6 Å². The molecular weight excluding hydrogens is 600 g/mol. The third-order valence-corrected chi connectivity index (χ3v) is 11.4. The van der Waals surface area contributed by atoms with Gasteiger partial charge in [0.1, 0.15) is 35.5 Å². The van der Waals surface area contributed by atoms with Gasteiger partial charge in [-0.25, -0.2) is 14.8 Å². The number of nitrogens with one attached hydrogen (secondary N) is 1. The highest BCUT2D eigenvalue weighted by Crippen LogP contribution is 2.43. The number of alkyl carbamates (subject to hydrolysis) is 1. The van der Waals surface area contributed by atoms with Gasteiger partial charge in [-0.3, -0.25) is 4.79 Å². The zero-order valence-corrected chi connectivity index (χ0v) is 28.3. The van der Waals surface area contributed by atoms with Gasteiger partial charge in [0.2, 0.25) is 11.8 Å². The van der Waals surface area contributed by atoms with Crippen LogP contribution in [-0.4, -0.2) is 83.8 Å². The molecule has 2 saturated heterocycles. The molecule has 0 radical (unpaired) electrons. The summed E-state index contributed by atoms with van der Waals surface area (Å²) in [7, 11) is 1.62. The van der Waals surface area contributed by atoms with E-state index < -0.39 is 35.3 Å². The van der Waals surface area contributed by atoms with Gasteiger partial charge in [0.05, 0.1) is 30.7 Å². The minimum Gasteiger partial charge on any atom is -0.497 e. The van der Waals surface area contributed by atoms with Crippen molar-refractivity contribution in [3.8, 4) is 11.6 Å². The molecule has 11 nitrogen and oxygen atoms in total. The molecule has 3 fully saturated rings. The summed E-state index contributed by atoms with van der Waals surface area (Å²) in [6, 6.07) is 4.03. The number of carbonyl (C=O) groups excluding carboxylic acids is 3. The molecule has 3 aliphatic heterocycles. The number of amides is 2. The van der Waals surface area contributed by atoms with Crippen molar-refractivity contribution in [3.05, 3.63) is 23.9 Å². The van der Waals surface area contributed by atoms with Crippen LogP contribution in [0.3, 0.4) is 0 Å². The molecule has 1 N–H and O–H groups in total. The van der Waals surface area contributed by atoms with Crippen molar-refractivity contribution in [2.24, 2.45) is 17.3 Å². The number of benzene rings is 1. The minimum absolute atomic E-state index is 0.192. The topological polar surface area (TPSA) is 129 Å². The van der Waals surface area contributed by atoms with Gasteiger partial charge in [-0.15, -0.1) is 0 Å². The molecule has 2 amide bonds. The smallest absolute Gasteiger partial charge is 0.408 e. The van der Waals surface area contributed by atoms with Gasteiger partial charge in [-0.1, -0.05) is 26.7 Å². The summed E-state index contributed by atoms with van der Waals surface area (Å²) >= 11 is 0. The maximum absolute atomic E-state index is 14.6. The molecule has 0 spiro atoms. The van der Waals surface area contributed by atoms with Crippen LogP contribution in [-0.2, 0) is 25.5 Å². The molecule has 1 aromatic heterocycles. The van der Waals surface area contributed by atoms with E-state index in [9.17, 15) is 14.4 Å². The lowest BCUT2D eigenvalue weighted by molar-refractivity contribution is -0.142. The Balaban J connectivity index is 1.39. The number of nitrogens with zero attached hydrogens (tertiary/aromatic N) is 3. The van der Waals surface area contributed by atoms with Crippen LogP contribution in [0.15, 0.2) is 18.2 Å². The monoisotopic (exact) mass is 650 g/mol. The Morgan fingerprint density at radius 3 is 2.57 bits per heavy atom. The Hall–Kier alpha value is -3.47. The van der Waals surface area contributed by atoms with Crippen molar-refractivity contribution < 1.29 is 33.3 Å². The number of carbonyl (C=O) groups is 3. The van der Waals surface area contributed by atoms with Crippen LogP contribution in [0.5, 0.6) is 11.6 Å². The van der Waals surface area contributed by atoms with Crippen molar-refractivity contribution in [1.29, 1.82) is 0 Å². The fourth-order valence-electron chi connectivity index (χ4n) is 8.36. The molecule has 0 unspecified atom stereocenters. The number of hydrogen-bond donors (Lipinski definition) is 1. The van der Waals surface area contributed by atoms with E-state index in [4.69, 9.17) is 28.9 Å². The number of fused-ring (bicyclic) bond motifs is 5. The highest BCUT2D eigenvalue weighted by atomic mass is 16.6. The summed E-state index contributed by atoms with van der Waals surface area (Å²) < 4.78 is 24.0. The fourth-order valence-corrected chi connectivity index (χ4v) is 8.36. The zero-order valence-electron chi connectivity index (χ0n) is 28.3. The molecule has 2 bridgehead atoms. The van der Waals surface area contributed by atoms with Crippen LogP contribution >= 0.6 is 0 Å². The highest BCUT2D eigenvalue weighted by molar-refractivity contribution is 5.89. The number of aldehydes is 1. The molecule has 2 aromatic rings. The average Bonchev–Trinajstić information content (AvgIpc) is 3.61. The second-order valence-corrected chi connectivity index (χ2v) is 14.4. The molecule has 256 valence electrons.